The van der Waals surface area contributed by atoms with Gasteiger partial charge in [0.2, 0.25) is 0 Å². The number of carbonyl (C=O) groups excluding carboxylic acids is 2. The molecule has 0 saturated heterocycles. The summed E-state index contributed by atoms with van der Waals surface area (Å²) in [7, 11) is 3.24. The summed E-state index contributed by atoms with van der Waals surface area (Å²) in [6, 6.07) is 1.58. The van der Waals surface area contributed by atoms with Crippen molar-refractivity contribution in [3.8, 4) is 0 Å². The fourth-order valence-electron chi connectivity index (χ4n) is 4.32. The van der Waals surface area contributed by atoms with E-state index in [2.05, 4.69) is 26.0 Å². The minimum atomic E-state index is -0.970. The van der Waals surface area contributed by atoms with E-state index in [1.807, 2.05) is 0 Å². The molecule has 2 amide bonds. The van der Waals surface area contributed by atoms with Crippen LogP contribution in [0.5, 0.6) is 0 Å². The van der Waals surface area contributed by atoms with Gasteiger partial charge in [-0.2, -0.15) is 9.61 Å². The van der Waals surface area contributed by atoms with Crippen LogP contribution in [0, 0.1) is 0 Å². The van der Waals surface area contributed by atoms with Crippen molar-refractivity contribution >= 4 is 29.3 Å². The van der Waals surface area contributed by atoms with Gasteiger partial charge in [0.1, 0.15) is 22.8 Å². The molecule has 1 aliphatic heterocycles. The summed E-state index contributed by atoms with van der Waals surface area (Å²) in [6.07, 6.45) is 8.58. The summed E-state index contributed by atoms with van der Waals surface area (Å²) in [5.74, 6) is 0.327. The molecule has 4 N–H and O–H groups in total. The molecule has 0 bridgehead atoms. The van der Waals surface area contributed by atoms with E-state index in [0.717, 1.165) is 25.7 Å². The molecule has 2 aromatic heterocycles. The number of amides is 2. The van der Waals surface area contributed by atoms with Crippen molar-refractivity contribution in [1.29, 1.82) is 0 Å². The molecule has 4 rings (SSSR count). The average molecular weight is 514 g/mol. The number of carbonyl (C=O) groups is 2. The largest absolute Gasteiger partial charge is 0.443 e. The third kappa shape index (κ3) is 6.20. The third-order valence-electron chi connectivity index (χ3n) is 6.20. The van der Waals surface area contributed by atoms with Gasteiger partial charge >= 0.3 is 6.09 Å². The van der Waals surface area contributed by atoms with Crippen LogP contribution in [-0.2, 0) is 9.47 Å². The van der Waals surface area contributed by atoms with E-state index in [-0.39, 0.29) is 29.3 Å². The predicted octanol–water partition coefficient (Wildman–Crippen LogP) is 2.52. The first-order valence-electron chi connectivity index (χ1n) is 12.3. The van der Waals surface area contributed by atoms with Crippen molar-refractivity contribution < 1.29 is 24.2 Å². The number of hydrogen-bond donors (Lipinski definition) is 4. The maximum absolute atomic E-state index is 13.3. The smallest absolute Gasteiger partial charge is 0.415 e. The summed E-state index contributed by atoms with van der Waals surface area (Å²) in [6.45, 7) is 5.34. The number of aliphatic hydroxyl groups excluding tert-OH is 1. The van der Waals surface area contributed by atoms with Crippen LogP contribution in [0.4, 0.5) is 16.4 Å². The van der Waals surface area contributed by atoms with Gasteiger partial charge in [0.15, 0.2) is 11.9 Å². The Morgan fingerprint density at radius 3 is 2.78 bits per heavy atom. The molecular weight excluding hydrogens is 478 g/mol. The lowest BCUT2D eigenvalue weighted by Crippen LogP contribution is -2.40. The number of nitrogens with zero attached hydrogens (tertiary/aromatic N) is 4. The molecule has 0 aromatic carbocycles. The second kappa shape index (κ2) is 10.8. The Morgan fingerprint density at radius 2 is 2.08 bits per heavy atom. The molecule has 3 atom stereocenters. The molecule has 0 spiro atoms. The van der Waals surface area contributed by atoms with Crippen LogP contribution in [-0.4, -0.2) is 69.8 Å². The number of nitrogens with one attached hydrogen (secondary N) is 3. The highest BCUT2D eigenvalue weighted by molar-refractivity contribution is 6.00. The number of hydrogen-bond acceptors (Lipinski definition) is 9. The summed E-state index contributed by atoms with van der Waals surface area (Å²) >= 11 is 0. The van der Waals surface area contributed by atoms with Gasteiger partial charge in [0, 0.05) is 26.3 Å². The van der Waals surface area contributed by atoms with E-state index in [1.54, 1.807) is 59.3 Å². The third-order valence-corrected chi connectivity index (χ3v) is 6.20. The van der Waals surface area contributed by atoms with Gasteiger partial charge in [0.25, 0.3) is 5.91 Å². The Labute approximate surface area is 215 Å². The Bertz CT molecular complexity index is 1220. The minimum Gasteiger partial charge on any atom is -0.443 e. The summed E-state index contributed by atoms with van der Waals surface area (Å²) in [5, 5.41) is 23.6. The predicted molar refractivity (Wildman–Crippen MR) is 138 cm³/mol. The van der Waals surface area contributed by atoms with Crippen molar-refractivity contribution in [3.63, 3.8) is 0 Å². The number of dihydropyridines is 1. The maximum atomic E-state index is 13.3. The van der Waals surface area contributed by atoms with Gasteiger partial charge in [0.05, 0.1) is 18.0 Å². The molecule has 1 unspecified atom stereocenters. The lowest BCUT2D eigenvalue weighted by Gasteiger charge is -2.28. The number of fused-ring (bicyclic) bond motifs is 1. The van der Waals surface area contributed by atoms with Crippen LogP contribution in [0.1, 0.15) is 56.8 Å². The zero-order valence-electron chi connectivity index (χ0n) is 21.8. The minimum absolute atomic E-state index is 0.0215. The zero-order chi connectivity index (χ0) is 26.7. The summed E-state index contributed by atoms with van der Waals surface area (Å²) in [4.78, 5) is 32.1. The maximum Gasteiger partial charge on any atom is 0.415 e. The second-order valence-electron chi connectivity index (χ2n) is 10.2. The number of anilines is 2. The zero-order valence-corrected chi connectivity index (χ0v) is 21.8. The van der Waals surface area contributed by atoms with Gasteiger partial charge in [-0.25, -0.2) is 9.78 Å². The number of methoxy groups -OCH3 is 1. The normalized spacial score (nSPS) is 21.7. The first-order valence-corrected chi connectivity index (χ1v) is 12.3. The number of aliphatic hydroxyl groups is 1. The first kappa shape index (κ1) is 26.4. The van der Waals surface area contributed by atoms with Crippen molar-refractivity contribution in [1.82, 2.24) is 25.2 Å². The van der Waals surface area contributed by atoms with Gasteiger partial charge in [-0.15, -0.1) is 0 Å². The molecule has 0 radical (unpaired) electrons. The van der Waals surface area contributed by atoms with Crippen molar-refractivity contribution in [2.24, 2.45) is 0 Å². The van der Waals surface area contributed by atoms with Crippen molar-refractivity contribution in [3.05, 3.63) is 41.9 Å². The SMILES string of the molecule is CO[C@@H]1CCC[C@@H](NC(=O)c2cnn3c(N(C)C(=O)OC(C)(C)C)cc(NC4=CC=CNC4O)nc23)C1. The fraction of sp³-hybridized carbons (Fsp3) is 0.520. The van der Waals surface area contributed by atoms with Crippen LogP contribution in [0.15, 0.2) is 36.3 Å². The molecule has 2 aliphatic rings. The molecule has 200 valence electrons. The molecular formula is C25H35N7O5. The number of rotatable bonds is 6. The summed E-state index contributed by atoms with van der Waals surface area (Å²) in [5.41, 5.74) is 0.256. The van der Waals surface area contributed by atoms with Crippen LogP contribution in [0.2, 0.25) is 0 Å². The molecule has 1 saturated carbocycles. The lowest BCUT2D eigenvalue weighted by atomic mass is 9.92. The highest BCUT2D eigenvalue weighted by Crippen LogP contribution is 2.26. The first-order chi connectivity index (χ1) is 17.6. The van der Waals surface area contributed by atoms with E-state index >= 15 is 0 Å². The van der Waals surface area contributed by atoms with Gasteiger partial charge in [-0.3, -0.25) is 9.69 Å². The summed E-state index contributed by atoms with van der Waals surface area (Å²) < 4.78 is 12.4. The van der Waals surface area contributed by atoms with E-state index in [1.165, 1.54) is 15.6 Å². The highest BCUT2D eigenvalue weighted by atomic mass is 16.6. The topological polar surface area (TPSA) is 142 Å². The van der Waals surface area contributed by atoms with Gasteiger partial charge in [-0.1, -0.05) is 0 Å². The fourth-order valence-corrected chi connectivity index (χ4v) is 4.32. The van der Waals surface area contributed by atoms with E-state index in [4.69, 9.17) is 9.47 Å². The molecule has 2 aromatic rings. The Morgan fingerprint density at radius 1 is 1.30 bits per heavy atom. The van der Waals surface area contributed by atoms with E-state index in [0.29, 0.717) is 17.3 Å². The molecule has 12 nitrogen and oxygen atoms in total. The average Bonchev–Trinajstić information content (AvgIpc) is 3.28. The van der Waals surface area contributed by atoms with Crippen molar-refractivity contribution in [2.45, 2.75) is 70.4 Å². The Balaban J connectivity index is 1.69. The molecule has 12 heteroatoms. The van der Waals surface area contributed by atoms with Crippen LogP contribution in [0.25, 0.3) is 5.65 Å². The van der Waals surface area contributed by atoms with Crippen molar-refractivity contribution in [2.75, 3.05) is 24.4 Å². The van der Waals surface area contributed by atoms with Crippen LogP contribution in [0.3, 0.4) is 0 Å². The highest BCUT2D eigenvalue weighted by Gasteiger charge is 2.28. The number of allylic oxidation sites excluding steroid dienone is 2. The van der Waals surface area contributed by atoms with E-state index < -0.39 is 17.9 Å². The standard InChI is InChI=1S/C25H35N7O5/c1-25(2,3)37-24(35)31(4)20-13-19(29-18-10-7-11-26-23(18)34)30-21-17(14-27-32(20)21)22(33)28-15-8-6-9-16(12-15)36-5/h7,10-11,13-16,23,26,34H,6,8-9,12H2,1-5H3,(H,28,33)(H,29,30)/t15-,16-,23?/m1/s1. The molecule has 1 fully saturated rings. The Kier molecular flexibility index (Phi) is 7.69. The van der Waals surface area contributed by atoms with Crippen LogP contribution < -0.4 is 20.9 Å². The molecule has 3 heterocycles. The molecule has 37 heavy (non-hydrogen) atoms. The Hall–Kier alpha value is -3.64. The van der Waals surface area contributed by atoms with E-state index in [9.17, 15) is 14.7 Å². The van der Waals surface area contributed by atoms with Gasteiger partial charge in [-0.05, 0) is 64.8 Å². The van der Waals surface area contributed by atoms with Gasteiger partial charge < -0.3 is 30.5 Å². The quantitative estimate of drug-likeness (QED) is 0.458. The monoisotopic (exact) mass is 513 g/mol. The number of aromatic nitrogens is 3. The lowest BCUT2D eigenvalue weighted by molar-refractivity contribution is 0.0561. The molecule has 1 aliphatic carbocycles. The number of ether oxygens (including phenoxy) is 2. The van der Waals surface area contributed by atoms with Crippen LogP contribution >= 0.6 is 0 Å². The second-order valence-corrected chi connectivity index (χ2v) is 10.2.